The quantitative estimate of drug-likeness (QED) is 0.607. The second kappa shape index (κ2) is 6.38. The van der Waals surface area contributed by atoms with Crippen molar-refractivity contribution in [2.45, 2.75) is 11.3 Å². The van der Waals surface area contributed by atoms with E-state index in [0.717, 1.165) is 10.5 Å². The molecule has 0 aliphatic carbocycles. The first-order valence-corrected chi connectivity index (χ1v) is 7.10. The summed E-state index contributed by atoms with van der Waals surface area (Å²) in [5.41, 5.74) is 1.53. The Morgan fingerprint density at radius 1 is 1.21 bits per heavy atom. The Morgan fingerprint density at radius 3 is 2.53 bits per heavy atom. The van der Waals surface area contributed by atoms with E-state index in [2.05, 4.69) is 17.9 Å². The minimum Gasteiger partial charge on any atom is -0.325 e. The van der Waals surface area contributed by atoms with Crippen LogP contribution in [0.1, 0.15) is 5.56 Å². The maximum Gasteiger partial charge on any atom is 0.228 e. The third-order valence-corrected chi connectivity index (χ3v) is 3.70. The first-order chi connectivity index (χ1) is 9.04. The number of carbonyl (C=O) groups is 1. The average molecular weight is 387 g/mol. The predicted molar refractivity (Wildman–Crippen MR) is 85.1 cm³/mol. The number of halogens is 2. The van der Waals surface area contributed by atoms with E-state index in [0.29, 0.717) is 9.26 Å². The fraction of sp³-hybridized carbons (Fsp3) is 0.0714. The van der Waals surface area contributed by atoms with Crippen LogP contribution in [0.25, 0.3) is 0 Å². The minimum atomic E-state index is -0.313. The first-order valence-electron chi connectivity index (χ1n) is 5.57. The van der Waals surface area contributed by atoms with Crippen molar-refractivity contribution in [3.8, 4) is 0 Å². The van der Waals surface area contributed by atoms with E-state index in [1.165, 1.54) is 12.1 Å². The first kappa shape index (κ1) is 14.3. The molecule has 0 bridgehead atoms. The molecular formula is C14H11FINOS. The van der Waals surface area contributed by atoms with Gasteiger partial charge in [-0.25, -0.2) is 4.39 Å². The predicted octanol–water partition coefficient (Wildman–Crippen LogP) is 3.90. The number of anilines is 1. The molecule has 0 heterocycles. The van der Waals surface area contributed by atoms with Crippen molar-refractivity contribution in [1.82, 2.24) is 0 Å². The monoisotopic (exact) mass is 387 g/mol. The number of rotatable bonds is 3. The van der Waals surface area contributed by atoms with Gasteiger partial charge < -0.3 is 5.32 Å². The van der Waals surface area contributed by atoms with E-state index in [-0.39, 0.29) is 18.1 Å². The van der Waals surface area contributed by atoms with Gasteiger partial charge in [-0.15, -0.1) is 12.6 Å². The van der Waals surface area contributed by atoms with Crippen LogP contribution < -0.4 is 5.32 Å². The highest BCUT2D eigenvalue weighted by Gasteiger charge is 2.07. The number of amides is 1. The molecule has 2 aromatic rings. The Bertz CT molecular complexity index is 601. The Morgan fingerprint density at radius 2 is 1.89 bits per heavy atom. The Labute approximate surface area is 130 Å². The molecule has 5 heteroatoms. The average Bonchev–Trinajstić information content (AvgIpc) is 2.36. The highest BCUT2D eigenvalue weighted by atomic mass is 127. The topological polar surface area (TPSA) is 29.1 Å². The van der Waals surface area contributed by atoms with Gasteiger partial charge in [0.25, 0.3) is 0 Å². The highest BCUT2D eigenvalue weighted by Crippen LogP contribution is 2.19. The number of nitrogens with one attached hydrogen (secondary N) is 1. The van der Waals surface area contributed by atoms with Crippen molar-refractivity contribution in [2.75, 3.05) is 5.32 Å². The third kappa shape index (κ3) is 4.21. The van der Waals surface area contributed by atoms with Gasteiger partial charge in [0.2, 0.25) is 5.91 Å². The number of hydrogen-bond acceptors (Lipinski definition) is 2. The van der Waals surface area contributed by atoms with Crippen LogP contribution in [0.15, 0.2) is 47.4 Å². The molecule has 0 saturated carbocycles. The van der Waals surface area contributed by atoms with E-state index >= 15 is 0 Å². The lowest BCUT2D eigenvalue weighted by atomic mass is 10.1. The van der Waals surface area contributed by atoms with E-state index < -0.39 is 0 Å². The zero-order valence-corrected chi connectivity index (χ0v) is 12.9. The van der Waals surface area contributed by atoms with Gasteiger partial charge in [-0.3, -0.25) is 4.79 Å². The van der Waals surface area contributed by atoms with Crippen molar-refractivity contribution < 1.29 is 9.18 Å². The molecule has 1 N–H and O–H groups in total. The summed E-state index contributed by atoms with van der Waals surface area (Å²) >= 11 is 6.18. The highest BCUT2D eigenvalue weighted by molar-refractivity contribution is 14.1. The van der Waals surface area contributed by atoms with Crippen molar-refractivity contribution in [3.05, 3.63) is 57.4 Å². The molecule has 0 spiro atoms. The van der Waals surface area contributed by atoms with E-state index in [1.807, 2.05) is 46.9 Å². The van der Waals surface area contributed by atoms with Crippen LogP contribution in [0.2, 0.25) is 0 Å². The molecule has 0 aromatic heterocycles. The molecule has 0 unspecified atom stereocenters. The standard InChI is InChI=1S/C14H11FINOS/c15-10-3-6-13(12(16)8-10)17-14(18)7-9-1-4-11(19)5-2-9/h1-6,8,19H,7H2,(H,17,18). The van der Waals surface area contributed by atoms with Gasteiger partial charge in [0.05, 0.1) is 12.1 Å². The number of benzene rings is 2. The molecule has 1 amide bonds. The molecular weight excluding hydrogens is 376 g/mol. The van der Waals surface area contributed by atoms with Gasteiger partial charge in [0.15, 0.2) is 0 Å². The van der Waals surface area contributed by atoms with Crippen molar-refractivity contribution >= 4 is 46.8 Å². The van der Waals surface area contributed by atoms with Crippen LogP contribution in [-0.2, 0) is 11.2 Å². The van der Waals surface area contributed by atoms with E-state index in [1.54, 1.807) is 6.07 Å². The summed E-state index contributed by atoms with van der Waals surface area (Å²) < 4.78 is 13.6. The molecule has 0 atom stereocenters. The van der Waals surface area contributed by atoms with Gasteiger partial charge in [0.1, 0.15) is 5.82 Å². The molecule has 2 nitrogen and oxygen atoms in total. The smallest absolute Gasteiger partial charge is 0.228 e. The fourth-order valence-electron chi connectivity index (χ4n) is 1.58. The second-order valence-electron chi connectivity index (χ2n) is 4.02. The fourth-order valence-corrected chi connectivity index (χ4v) is 2.35. The molecule has 2 aromatic carbocycles. The van der Waals surface area contributed by atoms with Crippen LogP contribution >= 0.6 is 35.2 Å². The van der Waals surface area contributed by atoms with E-state index in [9.17, 15) is 9.18 Å². The summed E-state index contributed by atoms with van der Waals surface area (Å²) in [5, 5.41) is 2.77. The third-order valence-electron chi connectivity index (χ3n) is 2.51. The van der Waals surface area contributed by atoms with Crippen molar-refractivity contribution in [1.29, 1.82) is 0 Å². The van der Waals surface area contributed by atoms with Crippen LogP contribution in [0, 0.1) is 9.39 Å². The zero-order valence-electron chi connectivity index (χ0n) is 9.86. The minimum absolute atomic E-state index is 0.128. The SMILES string of the molecule is O=C(Cc1ccc(S)cc1)Nc1ccc(F)cc1I. The maximum atomic E-state index is 12.9. The zero-order chi connectivity index (χ0) is 13.8. The summed E-state index contributed by atoms with van der Waals surface area (Å²) in [6.45, 7) is 0. The van der Waals surface area contributed by atoms with Crippen molar-refractivity contribution in [3.63, 3.8) is 0 Å². The maximum absolute atomic E-state index is 12.9. The van der Waals surface area contributed by atoms with Crippen LogP contribution in [-0.4, -0.2) is 5.91 Å². The van der Waals surface area contributed by atoms with Gasteiger partial charge >= 0.3 is 0 Å². The van der Waals surface area contributed by atoms with Crippen molar-refractivity contribution in [2.24, 2.45) is 0 Å². The molecule has 0 aliphatic heterocycles. The molecule has 19 heavy (non-hydrogen) atoms. The van der Waals surface area contributed by atoms with Crippen LogP contribution in [0.5, 0.6) is 0 Å². The molecule has 2 rings (SSSR count). The summed E-state index contributed by atoms with van der Waals surface area (Å²) in [4.78, 5) is 12.7. The lowest BCUT2D eigenvalue weighted by Crippen LogP contribution is -2.15. The Hall–Kier alpha value is -1.08. The summed E-state index contributed by atoms with van der Waals surface area (Å²) in [7, 11) is 0. The lowest BCUT2D eigenvalue weighted by molar-refractivity contribution is -0.115. The number of thiol groups is 1. The molecule has 0 fully saturated rings. The number of carbonyl (C=O) groups excluding carboxylic acids is 1. The normalized spacial score (nSPS) is 10.3. The Balaban J connectivity index is 2.03. The summed E-state index contributed by atoms with van der Waals surface area (Å²) in [6, 6.07) is 11.7. The lowest BCUT2D eigenvalue weighted by Gasteiger charge is -2.07. The van der Waals surface area contributed by atoms with Gasteiger partial charge in [-0.1, -0.05) is 12.1 Å². The van der Waals surface area contributed by atoms with Crippen LogP contribution in [0.3, 0.4) is 0 Å². The van der Waals surface area contributed by atoms with Crippen LogP contribution in [0.4, 0.5) is 10.1 Å². The van der Waals surface area contributed by atoms with E-state index in [4.69, 9.17) is 0 Å². The molecule has 98 valence electrons. The summed E-state index contributed by atoms with van der Waals surface area (Å²) in [6.07, 6.45) is 0.279. The second-order valence-corrected chi connectivity index (χ2v) is 5.69. The largest absolute Gasteiger partial charge is 0.325 e. The number of hydrogen-bond donors (Lipinski definition) is 2. The molecule has 0 radical (unpaired) electrons. The molecule has 0 aliphatic rings. The molecule has 0 saturated heterocycles. The van der Waals surface area contributed by atoms with Gasteiger partial charge in [0, 0.05) is 8.47 Å². The van der Waals surface area contributed by atoms with Gasteiger partial charge in [-0.05, 0) is 58.5 Å². The summed E-state index contributed by atoms with van der Waals surface area (Å²) in [5.74, 6) is -0.441. The van der Waals surface area contributed by atoms with Gasteiger partial charge in [-0.2, -0.15) is 0 Å². The Kier molecular flexibility index (Phi) is 4.81.